The third-order valence-electron chi connectivity index (χ3n) is 3.05. The molecule has 0 aromatic carbocycles. The van der Waals surface area contributed by atoms with Gasteiger partial charge in [-0.2, -0.15) is 0 Å². The minimum Gasteiger partial charge on any atom is -0.405 e. The van der Waals surface area contributed by atoms with Crippen molar-refractivity contribution in [1.82, 2.24) is 0 Å². The summed E-state index contributed by atoms with van der Waals surface area (Å²) >= 11 is 0. The standard InChI is InChI=1S/C23H31N/c1-6-11-20(2)14-9-15-21(3)12-7-8-13-22(4)16-10-17-23(5)18-19-24/h6-19H,24H2,1-5H3/b8-7+,11-6+,15-9+,16-10+,19-18+,20-14+,21-12+,22-13+,23-17+. The molecule has 1 heteroatoms. The summed E-state index contributed by atoms with van der Waals surface area (Å²) in [5.74, 6) is 0. The average molecular weight is 322 g/mol. The summed E-state index contributed by atoms with van der Waals surface area (Å²) in [5, 5.41) is 0. The van der Waals surface area contributed by atoms with Crippen LogP contribution in [0.25, 0.3) is 0 Å². The van der Waals surface area contributed by atoms with E-state index in [9.17, 15) is 0 Å². The lowest BCUT2D eigenvalue weighted by molar-refractivity contribution is 1.46. The number of nitrogens with two attached hydrogens (primary N) is 1. The first-order chi connectivity index (χ1) is 11.5. The zero-order valence-corrected chi connectivity index (χ0v) is 15.7. The normalized spacial score (nSPS) is 16.0. The molecule has 0 aromatic rings. The summed E-state index contributed by atoms with van der Waals surface area (Å²) in [7, 11) is 0. The summed E-state index contributed by atoms with van der Waals surface area (Å²) in [4.78, 5) is 0. The highest BCUT2D eigenvalue weighted by molar-refractivity contribution is 5.31. The van der Waals surface area contributed by atoms with Crippen LogP contribution in [-0.2, 0) is 0 Å². The molecule has 0 atom stereocenters. The zero-order chi connectivity index (χ0) is 18.2. The van der Waals surface area contributed by atoms with Crippen LogP contribution in [0.3, 0.4) is 0 Å². The smallest absolute Gasteiger partial charge is 0.00597 e. The van der Waals surface area contributed by atoms with Gasteiger partial charge < -0.3 is 5.73 Å². The van der Waals surface area contributed by atoms with Crippen molar-refractivity contribution < 1.29 is 0 Å². The van der Waals surface area contributed by atoms with E-state index >= 15 is 0 Å². The van der Waals surface area contributed by atoms with Gasteiger partial charge in [-0.05, 0) is 52.5 Å². The molecule has 0 aliphatic heterocycles. The Morgan fingerprint density at radius 1 is 0.542 bits per heavy atom. The van der Waals surface area contributed by atoms with E-state index in [2.05, 4.69) is 69.4 Å². The third kappa shape index (κ3) is 13.1. The van der Waals surface area contributed by atoms with E-state index in [0.29, 0.717) is 0 Å². The summed E-state index contributed by atoms with van der Waals surface area (Å²) in [6, 6.07) is 0. The van der Waals surface area contributed by atoms with Gasteiger partial charge in [-0.15, -0.1) is 0 Å². The molecular formula is C23H31N. The molecule has 0 saturated carbocycles. The fraction of sp³-hybridized carbons (Fsp3) is 0.217. The van der Waals surface area contributed by atoms with Crippen molar-refractivity contribution in [3.05, 3.63) is 107 Å². The van der Waals surface area contributed by atoms with Crippen LogP contribution in [0.5, 0.6) is 0 Å². The van der Waals surface area contributed by atoms with Crippen molar-refractivity contribution in [3.8, 4) is 0 Å². The van der Waals surface area contributed by atoms with Crippen LogP contribution in [0, 0.1) is 0 Å². The van der Waals surface area contributed by atoms with E-state index < -0.39 is 0 Å². The van der Waals surface area contributed by atoms with Gasteiger partial charge in [0.15, 0.2) is 0 Å². The van der Waals surface area contributed by atoms with Crippen LogP contribution >= 0.6 is 0 Å². The Labute approximate surface area is 148 Å². The predicted molar refractivity (Wildman–Crippen MR) is 111 cm³/mol. The Balaban J connectivity index is 4.57. The summed E-state index contributed by atoms with van der Waals surface area (Å²) < 4.78 is 0. The number of rotatable bonds is 8. The maximum Gasteiger partial charge on any atom is -0.00597 e. The molecule has 0 aromatic heterocycles. The van der Waals surface area contributed by atoms with E-state index in [1.165, 1.54) is 16.7 Å². The maximum absolute atomic E-state index is 5.34. The fourth-order valence-corrected chi connectivity index (χ4v) is 1.75. The van der Waals surface area contributed by atoms with Crippen LogP contribution in [0.15, 0.2) is 107 Å². The summed E-state index contributed by atoms with van der Waals surface area (Å²) in [6.07, 6.45) is 28.2. The molecule has 0 bridgehead atoms. The van der Waals surface area contributed by atoms with Crippen molar-refractivity contribution in [3.63, 3.8) is 0 Å². The molecule has 0 amide bonds. The molecule has 1 nitrogen and oxygen atoms in total. The first kappa shape index (κ1) is 21.5. The van der Waals surface area contributed by atoms with Crippen LogP contribution in [0.2, 0.25) is 0 Å². The van der Waals surface area contributed by atoms with Crippen LogP contribution in [-0.4, -0.2) is 0 Å². The summed E-state index contributed by atoms with van der Waals surface area (Å²) in [6.45, 7) is 10.3. The molecular weight excluding hydrogens is 290 g/mol. The van der Waals surface area contributed by atoms with Gasteiger partial charge >= 0.3 is 0 Å². The predicted octanol–water partition coefficient (Wildman–Crippen LogP) is 6.49. The quantitative estimate of drug-likeness (QED) is 0.508. The van der Waals surface area contributed by atoms with E-state index in [1.54, 1.807) is 6.20 Å². The highest BCUT2D eigenvalue weighted by Crippen LogP contribution is 2.01. The number of hydrogen-bond donors (Lipinski definition) is 1. The third-order valence-corrected chi connectivity index (χ3v) is 3.05. The van der Waals surface area contributed by atoms with Crippen LogP contribution < -0.4 is 5.73 Å². The van der Waals surface area contributed by atoms with E-state index in [0.717, 1.165) is 5.57 Å². The average Bonchev–Trinajstić information content (AvgIpc) is 2.52. The molecule has 0 unspecified atom stereocenters. The molecule has 0 rings (SSSR count). The minimum atomic E-state index is 1.13. The maximum atomic E-state index is 5.34. The zero-order valence-electron chi connectivity index (χ0n) is 15.7. The molecule has 2 N–H and O–H groups in total. The van der Waals surface area contributed by atoms with Gasteiger partial charge in [-0.25, -0.2) is 0 Å². The van der Waals surface area contributed by atoms with Crippen molar-refractivity contribution in [2.24, 2.45) is 5.73 Å². The lowest BCUT2D eigenvalue weighted by atomic mass is 10.2. The van der Waals surface area contributed by atoms with Crippen LogP contribution in [0.1, 0.15) is 34.6 Å². The van der Waals surface area contributed by atoms with Gasteiger partial charge in [-0.1, -0.05) is 89.6 Å². The molecule has 0 spiro atoms. The van der Waals surface area contributed by atoms with E-state index in [1.807, 2.05) is 44.2 Å². The Bertz CT molecular complexity index is 571. The fourth-order valence-electron chi connectivity index (χ4n) is 1.75. The van der Waals surface area contributed by atoms with Gasteiger partial charge in [0.25, 0.3) is 0 Å². The Hall–Kier alpha value is -2.54. The topological polar surface area (TPSA) is 26.0 Å². The van der Waals surface area contributed by atoms with Gasteiger partial charge in [0.2, 0.25) is 0 Å². The van der Waals surface area contributed by atoms with Crippen molar-refractivity contribution >= 4 is 0 Å². The SMILES string of the molecule is C/C=C/C(C)=C/C=C/C(C)=C/C=C/C=C(C)/C=C/C=C(C)/C=C/N. The monoisotopic (exact) mass is 321 g/mol. The molecule has 0 aliphatic rings. The van der Waals surface area contributed by atoms with Crippen LogP contribution in [0.4, 0.5) is 0 Å². The second kappa shape index (κ2) is 14.1. The Morgan fingerprint density at radius 3 is 1.33 bits per heavy atom. The molecule has 0 saturated heterocycles. The largest absolute Gasteiger partial charge is 0.405 e. The van der Waals surface area contributed by atoms with Gasteiger partial charge in [-0.3, -0.25) is 0 Å². The van der Waals surface area contributed by atoms with Crippen molar-refractivity contribution in [1.29, 1.82) is 0 Å². The first-order valence-corrected chi connectivity index (χ1v) is 8.22. The second-order valence-electron chi connectivity index (χ2n) is 5.60. The highest BCUT2D eigenvalue weighted by atomic mass is 14.5. The molecule has 0 aliphatic carbocycles. The second-order valence-corrected chi connectivity index (χ2v) is 5.60. The van der Waals surface area contributed by atoms with Crippen molar-refractivity contribution in [2.75, 3.05) is 0 Å². The molecule has 0 fully saturated rings. The van der Waals surface area contributed by atoms with Crippen molar-refractivity contribution in [2.45, 2.75) is 34.6 Å². The van der Waals surface area contributed by atoms with Gasteiger partial charge in [0.1, 0.15) is 0 Å². The Kier molecular flexibility index (Phi) is 12.6. The van der Waals surface area contributed by atoms with Gasteiger partial charge in [0, 0.05) is 0 Å². The lowest BCUT2D eigenvalue weighted by Gasteiger charge is -1.90. The lowest BCUT2D eigenvalue weighted by Crippen LogP contribution is -1.76. The first-order valence-electron chi connectivity index (χ1n) is 8.22. The van der Waals surface area contributed by atoms with Gasteiger partial charge in [0.05, 0.1) is 0 Å². The molecule has 24 heavy (non-hydrogen) atoms. The molecule has 128 valence electrons. The minimum absolute atomic E-state index is 1.13. The number of allylic oxidation sites excluding steroid dienone is 17. The highest BCUT2D eigenvalue weighted by Gasteiger charge is 1.81. The summed E-state index contributed by atoms with van der Waals surface area (Å²) in [5.41, 5.74) is 10.1. The van der Waals surface area contributed by atoms with E-state index in [-0.39, 0.29) is 0 Å². The molecule has 0 radical (unpaired) electrons. The van der Waals surface area contributed by atoms with E-state index in [4.69, 9.17) is 5.73 Å². The number of hydrogen-bond acceptors (Lipinski definition) is 1. The Morgan fingerprint density at radius 2 is 0.917 bits per heavy atom. The molecule has 0 heterocycles.